The monoisotopic (exact) mass is 264 g/mol. The Morgan fingerprint density at radius 1 is 1.28 bits per heavy atom. The maximum Gasteiger partial charge on any atom is 0.273 e. The second-order valence-corrected chi connectivity index (χ2v) is 4.17. The quantitative estimate of drug-likeness (QED) is 0.844. The molecule has 2 rings (SSSR count). The van der Waals surface area contributed by atoms with Crippen LogP contribution < -0.4 is 10.3 Å². The number of H-pyrrole nitrogens is 1. The molecule has 0 aliphatic carbocycles. The zero-order valence-electron chi connectivity index (χ0n) is 9.73. The van der Waals surface area contributed by atoms with Gasteiger partial charge in [-0.25, -0.2) is 4.98 Å². The standard InChI is InChI=1S/C13H13ClN2O2/c14-11-12(17)15-9-16-13(11)18-8-4-7-10-5-2-1-3-6-10/h1-3,5-6,9H,4,7-8H2,(H,15,16,17). The molecule has 1 aromatic heterocycles. The molecule has 18 heavy (non-hydrogen) atoms. The number of rotatable bonds is 5. The first-order valence-electron chi connectivity index (χ1n) is 5.67. The first kappa shape index (κ1) is 12.6. The number of benzene rings is 1. The van der Waals surface area contributed by atoms with Gasteiger partial charge in [0.2, 0.25) is 5.88 Å². The van der Waals surface area contributed by atoms with E-state index in [1.165, 1.54) is 11.9 Å². The second kappa shape index (κ2) is 6.21. The van der Waals surface area contributed by atoms with Crippen molar-refractivity contribution < 1.29 is 4.74 Å². The number of ether oxygens (including phenoxy) is 1. The molecular weight excluding hydrogens is 252 g/mol. The molecule has 0 spiro atoms. The normalized spacial score (nSPS) is 10.3. The smallest absolute Gasteiger partial charge is 0.273 e. The summed E-state index contributed by atoms with van der Waals surface area (Å²) in [5, 5.41) is -0.00258. The number of halogens is 1. The lowest BCUT2D eigenvalue weighted by Crippen LogP contribution is -2.10. The third kappa shape index (κ3) is 3.34. The Morgan fingerprint density at radius 3 is 2.83 bits per heavy atom. The van der Waals surface area contributed by atoms with E-state index >= 15 is 0 Å². The third-order valence-corrected chi connectivity index (χ3v) is 2.79. The molecule has 0 unspecified atom stereocenters. The zero-order chi connectivity index (χ0) is 12.8. The average Bonchev–Trinajstić information content (AvgIpc) is 2.40. The van der Waals surface area contributed by atoms with Crippen molar-refractivity contribution in [2.45, 2.75) is 12.8 Å². The van der Waals surface area contributed by atoms with Crippen molar-refractivity contribution in [1.29, 1.82) is 0 Å². The summed E-state index contributed by atoms with van der Waals surface area (Å²) in [6.07, 6.45) is 3.04. The van der Waals surface area contributed by atoms with Crippen molar-refractivity contribution in [1.82, 2.24) is 9.97 Å². The number of nitrogens with one attached hydrogen (secondary N) is 1. The van der Waals surface area contributed by atoms with E-state index in [1.54, 1.807) is 0 Å². The molecular formula is C13H13ClN2O2. The van der Waals surface area contributed by atoms with Crippen LogP contribution in [-0.4, -0.2) is 16.6 Å². The van der Waals surface area contributed by atoms with Crippen molar-refractivity contribution in [3.63, 3.8) is 0 Å². The van der Waals surface area contributed by atoms with E-state index in [1.807, 2.05) is 18.2 Å². The van der Waals surface area contributed by atoms with Gasteiger partial charge in [-0.15, -0.1) is 0 Å². The van der Waals surface area contributed by atoms with Gasteiger partial charge in [0.1, 0.15) is 0 Å². The Balaban J connectivity index is 1.82. The highest BCUT2D eigenvalue weighted by atomic mass is 35.5. The van der Waals surface area contributed by atoms with Gasteiger partial charge in [-0.05, 0) is 18.4 Å². The molecule has 4 nitrogen and oxygen atoms in total. The van der Waals surface area contributed by atoms with E-state index in [2.05, 4.69) is 22.1 Å². The lowest BCUT2D eigenvalue weighted by atomic mass is 10.1. The van der Waals surface area contributed by atoms with Crippen LogP contribution >= 0.6 is 11.6 Å². The van der Waals surface area contributed by atoms with Gasteiger partial charge in [-0.1, -0.05) is 41.9 Å². The van der Waals surface area contributed by atoms with Crippen molar-refractivity contribution >= 4 is 11.6 Å². The Labute approximate surface area is 110 Å². The minimum Gasteiger partial charge on any atom is -0.476 e. The zero-order valence-corrected chi connectivity index (χ0v) is 10.5. The molecule has 0 atom stereocenters. The van der Waals surface area contributed by atoms with Gasteiger partial charge in [0.25, 0.3) is 5.56 Å². The number of aryl methyl sites for hydroxylation is 1. The average molecular weight is 265 g/mol. The molecule has 1 heterocycles. The SMILES string of the molecule is O=c1[nH]cnc(OCCCc2ccccc2)c1Cl. The van der Waals surface area contributed by atoms with Crippen LogP contribution in [0.4, 0.5) is 0 Å². The number of hydrogen-bond donors (Lipinski definition) is 1. The predicted molar refractivity (Wildman–Crippen MR) is 70.1 cm³/mol. The van der Waals surface area contributed by atoms with E-state index in [-0.39, 0.29) is 16.5 Å². The number of aromatic amines is 1. The molecule has 0 saturated carbocycles. The molecule has 94 valence electrons. The maximum atomic E-state index is 11.2. The molecule has 0 aliphatic heterocycles. The minimum atomic E-state index is -0.385. The summed E-state index contributed by atoms with van der Waals surface area (Å²) in [6, 6.07) is 10.1. The summed E-state index contributed by atoms with van der Waals surface area (Å²) in [5.74, 6) is 0.188. The van der Waals surface area contributed by atoms with Crippen LogP contribution in [0.5, 0.6) is 5.88 Å². The van der Waals surface area contributed by atoms with Gasteiger partial charge in [0.15, 0.2) is 5.02 Å². The van der Waals surface area contributed by atoms with Crippen molar-refractivity contribution in [2.24, 2.45) is 0 Å². The topological polar surface area (TPSA) is 55.0 Å². The van der Waals surface area contributed by atoms with Crippen LogP contribution in [0, 0.1) is 0 Å². The summed E-state index contributed by atoms with van der Waals surface area (Å²) in [7, 11) is 0. The molecule has 0 amide bonds. The fourth-order valence-corrected chi connectivity index (χ4v) is 1.72. The number of aromatic nitrogens is 2. The summed E-state index contributed by atoms with van der Waals surface area (Å²) in [4.78, 5) is 17.4. The molecule has 0 bridgehead atoms. The molecule has 0 saturated heterocycles. The lowest BCUT2D eigenvalue weighted by molar-refractivity contribution is 0.298. The second-order valence-electron chi connectivity index (χ2n) is 3.79. The molecule has 1 aromatic carbocycles. The first-order valence-corrected chi connectivity index (χ1v) is 6.05. The van der Waals surface area contributed by atoms with Gasteiger partial charge >= 0.3 is 0 Å². The van der Waals surface area contributed by atoms with E-state index < -0.39 is 0 Å². The van der Waals surface area contributed by atoms with Crippen LogP contribution in [0.3, 0.4) is 0 Å². The lowest BCUT2D eigenvalue weighted by Gasteiger charge is -2.05. The van der Waals surface area contributed by atoms with Crippen LogP contribution in [-0.2, 0) is 6.42 Å². The molecule has 0 fully saturated rings. The van der Waals surface area contributed by atoms with Crippen molar-refractivity contribution in [3.05, 3.63) is 57.6 Å². The number of nitrogens with zero attached hydrogens (tertiary/aromatic N) is 1. The molecule has 0 radical (unpaired) electrons. The van der Waals surface area contributed by atoms with Gasteiger partial charge in [-0.2, -0.15) is 0 Å². The molecule has 0 aliphatic rings. The fourth-order valence-electron chi connectivity index (χ4n) is 1.56. The Hall–Kier alpha value is -1.81. The van der Waals surface area contributed by atoms with Crippen molar-refractivity contribution in [2.75, 3.05) is 6.61 Å². The summed E-state index contributed by atoms with van der Waals surface area (Å²) >= 11 is 5.76. The Morgan fingerprint density at radius 2 is 2.06 bits per heavy atom. The molecule has 1 N–H and O–H groups in total. The maximum absolute atomic E-state index is 11.2. The van der Waals surface area contributed by atoms with Crippen molar-refractivity contribution in [3.8, 4) is 5.88 Å². The Bertz CT molecular complexity index is 554. The van der Waals surface area contributed by atoms with Crippen LogP contribution in [0.2, 0.25) is 5.02 Å². The van der Waals surface area contributed by atoms with Crippen LogP contribution in [0.15, 0.2) is 41.5 Å². The Kier molecular flexibility index (Phi) is 4.36. The van der Waals surface area contributed by atoms with E-state index in [0.717, 1.165) is 12.8 Å². The number of hydrogen-bond acceptors (Lipinski definition) is 3. The highest BCUT2D eigenvalue weighted by Gasteiger charge is 2.06. The van der Waals surface area contributed by atoms with E-state index in [4.69, 9.17) is 16.3 Å². The molecule has 5 heteroatoms. The predicted octanol–water partition coefficient (Wildman–Crippen LogP) is 2.43. The van der Waals surface area contributed by atoms with Crippen LogP contribution in [0.1, 0.15) is 12.0 Å². The minimum absolute atomic E-state index is 0.00258. The first-order chi connectivity index (χ1) is 8.77. The largest absolute Gasteiger partial charge is 0.476 e. The van der Waals surface area contributed by atoms with Gasteiger partial charge < -0.3 is 9.72 Å². The fraction of sp³-hybridized carbons (Fsp3) is 0.231. The third-order valence-electron chi connectivity index (χ3n) is 2.46. The van der Waals surface area contributed by atoms with Gasteiger partial charge in [0.05, 0.1) is 12.9 Å². The molecule has 2 aromatic rings. The summed E-state index contributed by atoms with van der Waals surface area (Å²) in [6.45, 7) is 0.477. The van der Waals surface area contributed by atoms with Gasteiger partial charge in [0, 0.05) is 0 Å². The highest BCUT2D eigenvalue weighted by Crippen LogP contribution is 2.15. The highest BCUT2D eigenvalue weighted by molar-refractivity contribution is 6.31. The van der Waals surface area contributed by atoms with E-state index in [9.17, 15) is 4.79 Å². The van der Waals surface area contributed by atoms with Gasteiger partial charge in [-0.3, -0.25) is 4.79 Å². The summed E-state index contributed by atoms with van der Waals surface area (Å²) in [5.41, 5.74) is 0.871. The van der Waals surface area contributed by atoms with Crippen LogP contribution in [0.25, 0.3) is 0 Å². The van der Waals surface area contributed by atoms with E-state index in [0.29, 0.717) is 6.61 Å². The summed E-state index contributed by atoms with van der Waals surface area (Å²) < 4.78 is 5.38.